The third kappa shape index (κ3) is 4.52. The minimum absolute atomic E-state index is 0.0110. The number of hydrogen-bond donors (Lipinski definition) is 2. The summed E-state index contributed by atoms with van der Waals surface area (Å²) < 4.78 is 27.2. The Morgan fingerprint density at radius 1 is 1.24 bits per heavy atom. The number of carbonyl (C=O) groups is 3. The van der Waals surface area contributed by atoms with Crippen molar-refractivity contribution in [2.24, 2.45) is 0 Å². The Balaban J connectivity index is 1.49. The van der Waals surface area contributed by atoms with Crippen LogP contribution in [0.5, 0.6) is 0 Å². The summed E-state index contributed by atoms with van der Waals surface area (Å²) in [6, 6.07) is 8.20. The van der Waals surface area contributed by atoms with Crippen molar-refractivity contribution in [2.75, 3.05) is 21.9 Å². The van der Waals surface area contributed by atoms with Crippen LogP contribution < -0.4 is 20.5 Å². The van der Waals surface area contributed by atoms with Gasteiger partial charge in [0.05, 0.1) is 22.6 Å². The number of nitrogens with zero attached hydrogens (tertiary/aromatic N) is 3. The average Bonchev–Trinajstić information content (AvgIpc) is 3.19. The first kappa shape index (κ1) is 25.1. The topological polar surface area (TPSA) is 154 Å². The lowest BCUT2D eigenvalue weighted by molar-refractivity contribution is -0.135. The number of sulfonamides is 1. The summed E-state index contributed by atoms with van der Waals surface area (Å²) in [5, 5.41) is 5.38. The van der Waals surface area contributed by atoms with E-state index < -0.39 is 39.7 Å². The summed E-state index contributed by atoms with van der Waals surface area (Å²) in [4.78, 5) is 54.9. The van der Waals surface area contributed by atoms with Crippen LogP contribution in [0.15, 0.2) is 41.2 Å². The molecule has 2 N–H and O–H groups in total. The van der Waals surface area contributed by atoms with Gasteiger partial charge in [-0.1, -0.05) is 21.9 Å². The maximum atomic E-state index is 13.3. The molecule has 0 bridgehead atoms. The van der Waals surface area contributed by atoms with E-state index in [0.717, 1.165) is 0 Å². The molecule has 0 radical (unpaired) electrons. The lowest BCUT2D eigenvalue weighted by atomic mass is 10.1. The second kappa shape index (κ2) is 9.36. The number of anilines is 2. The van der Waals surface area contributed by atoms with E-state index in [2.05, 4.69) is 15.6 Å². The van der Waals surface area contributed by atoms with Crippen LogP contribution in [-0.2, 0) is 24.2 Å². The highest BCUT2D eigenvalue weighted by atomic mass is 35.5. The fraction of sp³-hybridized carbons (Fsp3) is 0.292. The summed E-state index contributed by atoms with van der Waals surface area (Å²) in [6.07, 6.45) is 0.755. The number of aromatic nitrogens is 2. The average molecular weight is 544 g/mol. The highest BCUT2D eigenvalue weighted by Gasteiger charge is 2.35. The third-order valence-electron chi connectivity index (χ3n) is 6.45. The van der Waals surface area contributed by atoms with Gasteiger partial charge in [0.15, 0.2) is 0 Å². The van der Waals surface area contributed by atoms with Crippen molar-refractivity contribution in [3.05, 3.63) is 63.2 Å². The standard InChI is InChI=1S/C24H22ClN5O6S/c1-13-26-21-15(24(34)30(13)18-8-9-20(31)28-23(18)33)4-2-5-17(21)27-22(32)14-6-7-16(25)19(12-14)29-10-3-11-37(29,35)36/h2,4-7,12,18H,3,8-11H2,1H3,(H2-,27,28,31,32,33,35,36). The Morgan fingerprint density at radius 2 is 2.03 bits per heavy atom. The maximum Gasteiger partial charge on any atom is 0.262 e. The van der Waals surface area contributed by atoms with Gasteiger partial charge in [-0.3, -0.25) is 29.1 Å². The van der Waals surface area contributed by atoms with Gasteiger partial charge in [0.25, 0.3) is 11.5 Å². The van der Waals surface area contributed by atoms with Crippen LogP contribution >= 0.6 is 11.6 Å². The van der Waals surface area contributed by atoms with E-state index in [9.17, 15) is 27.9 Å². The van der Waals surface area contributed by atoms with Crippen molar-refractivity contribution in [1.29, 1.82) is 0 Å². The van der Waals surface area contributed by atoms with Crippen LogP contribution in [-0.4, -0.2) is 44.1 Å². The minimum Gasteiger partial charge on any atom is -0.593 e. The number of fused-ring (bicyclic) bond motifs is 1. The molecule has 2 aromatic carbocycles. The zero-order chi connectivity index (χ0) is 26.5. The predicted molar refractivity (Wildman–Crippen MR) is 137 cm³/mol. The van der Waals surface area contributed by atoms with Gasteiger partial charge in [-0.25, -0.2) is 4.98 Å². The first-order valence-electron chi connectivity index (χ1n) is 11.5. The molecule has 2 fully saturated rings. The molecule has 13 heteroatoms. The first-order chi connectivity index (χ1) is 17.6. The number of nitrogens with one attached hydrogen (secondary N) is 2. The van der Waals surface area contributed by atoms with Crippen molar-refractivity contribution in [3.63, 3.8) is 0 Å². The molecular weight excluding hydrogens is 522 g/mol. The molecule has 37 heavy (non-hydrogen) atoms. The number of imide groups is 1. The van der Waals surface area contributed by atoms with Gasteiger partial charge < -0.3 is 9.87 Å². The van der Waals surface area contributed by atoms with Crippen molar-refractivity contribution < 1.29 is 23.1 Å². The molecule has 192 valence electrons. The van der Waals surface area contributed by atoms with E-state index in [1.165, 1.54) is 27.1 Å². The number of halogens is 1. The van der Waals surface area contributed by atoms with Crippen LogP contribution in [0.25, 0.3) is 10.9 Å². The molecule has 0 aliphatic carbocycles. The summed E-state index contributed by atoms with van der Waals surface area (Å²) in [7, 11) is -3.50. The highest BCUT2D eigenvalue weighted by molar-refractivity contribution is 7.99. The van der Waals surface area contributed by atoms with E-state index in [4.69, 9.17) is 11.6 Å². The largest absolute Gasteiger partial charge is 0.593 e. The molecule has 0 saturated carbocycles. The van der Waals surface area contributed by atoms with E-state index in [0.29, 0.717) is 6.42 Å². The molecule has 2 aliphatic heterocycles. The number of carbonyl (C=O) groups excluding carboxylic acids is 3. The van der Waals surface area contributed by atoms with Crippen molar-refractivity contribution in [2.45, 2.75) is 32.2 Å². The van der Waals surface area contributed by atoms with Crippen LogP contribution in [0.4, 0.5) is 11.4 Å². The number of benzene rings is 2. The number of hydrogen-bond acceptors (Lipinski definition) is 7. The normalized spacial score (nSPS) is 21.8. The molecule has 3 amide bonds. The number of aryl methyl sites for hydroxylation is 1. The molecule has 2 aliphatic rings. The Hall–Kier alpha value is -3.61. The molecule has 11 nitrogen and oxygen atoms in total. The second-order valence-electron chi connectivity index (χ2n) is 8.86. The van der Waals surface area contributed by atoms with Crippen LogP contribution in [0.1, 0.15) is 41.5 Å². The third-order valence-corrected chi connectivity index (χ3v) is 8.63. The summed E-state index contributed by atoms with van der Waals surface area (Å²) >= 11 is 6.25. The Kier molecular flexibility index (Phi) is 6.34. The van der Waals surface area contributed by atoms with Gasteiger partial charge in [-0.15, -0.1) is 0 Å². The van der Waals surface area contributed by atoms with E-state index in [-0.39, 0.29) is 63.8 Å². The quantitative estimate of drug-likeness (QED) is 0.378. The van der Waals surface area contributed by atoms with Gasteiger partial charge in [0.1, 0.15) is 39.2 Å². The second-order valence-corrected chi connectivity index (χ2v) is 11.3. The monoisotopic (exact) mass is 543 g/mol. The van der Waals surface area contributed by atoms with Gasteiger partial charge >= 0.3 is 0 Å². The van der Waals surface area contributed by atoms with E-state index in [1.54, 1.807) is 25.1 Å². The Labute approximate surface area is 217 Å². The summed E-state index contributed by atoms with van der Waals surface area (Å²) in [5.74, 6) is -1.24. The smallest absolute Gasteiger partial charge is 0.262 e. The van der Waals surface area contributed by atoms with Crippen LogP contribution in [0.3, 0.4) is 0 Å². The zero-order valence-electron chi connectivity index (χ0n) is 19.7. The van der Waals surface area contributed by atoms with Crippen LogP contribution in [0.2, 0.25) is 5.02 Å². The Bertz CT molecular complexity index is 1590. The zero-order valence-corrected chi connectivity index (χ0v) is 21.2. The lowest BCUT2D eigenvalue weighted by Crippen LogP contribution is -2.45. The van der Waals surface area contributed by atoms with Gasteiger partial charge in [-0.05, 0) is 43.7 Å². The minimum atomic E-state index is -3.50. The Morgan fingerprint density at radius 3 is 2.73 bits per heavy atom. The molecule has 0 spiro atoms. The lowest BCUT2D eigenvalue weighted by Gasteiger charge is -2.24. The molecule has 1 aromatic heterocycles. The molecule has 3 heterocycles. The molecule has 2 atom stereocenters. The maximum absolute atomic E-state index is 13.3. The highest BCUT2D eigenvalue weighted by Crippen LogP contribution is 2.34. The number of rotatable bonds is 4. The van der Waals surface area contributed by atoms with Crippen molar-refractivity contribution in [3.8, 4) is 0 Å². The van der Waals surface area contributed by atoms with Gasteiger partial charge in [0, 0.05) is 18.4 Å². The van der Waals surface area contributed by atoms with Crippen molar-refractivity contribution in [1.82, 2.24) is 14.9 Å². The molecule has 2 unspecified atom stereocenters. The summed E-state index contributed by atoms with van der Waals surface area (Å²) in [6.45, 7) is 1.85. The van der Waals surface area contributed by atoms with E-state index in [1.807, 2.05) is 0 Å². The SMILES string of the molecule is Cc1nc2c(NC(=O)c3ccc(Cl)c(N4CCC[S+]4(=O)[O-])c3)cccc2c(=O)n1C1CCC(=O)NC1=O. The summed E-state index contributed by atoms with van der Waals surface area (Å²) in [5.41, 5.74) is 0.431. The van der Waals surface area contributed by atoms with Crippen molar-refractivity contribution >= 4 is 62.0 Å². The van der Waals surface area contributed by atoms with E-state index >= 15 is 0 Å². The number of para-hydroxylation sites is 1. The fourth-order valence-electron chi connectivity index (χ4n) is 4.67. The molecule has 3 aromatic rings. The van der Waals surface area contributed by atoms with Gasteiger partial charge in [0.2, 0.25) is 11.8 Å². The number of amides is 3. The molecular formula is C24H22ClN5O6S. The molecule has 2 saturated heterocycles. The van der Waals surface area contributed by atoms with Crippen LogP contribution in [0, 0.1) is 6.92 Å². The molecule has 5 rings (SSSR count). The fourth-order valence-corrected chi connectivity index (χ4v) is 6.52. The number of piperidine rings is 1. The first-order valence-corrected chi connectivity index (χ1v) is 13.5. The van der Waals surface area contributed by atoms with Gasteiger partial charge in [-0.2, -0.15) is 4.31 Å². The predicted octanol–water partition coefficient (Wildman–Crippen LogP) is 2.34.